The van der Waals surface area contributed by atoms with Crippen LogP contribution < -0.4 is 4.90 Å². The van der Waals surface area contributed by atoms with E-state index in [0.717, 1.165) is 55.5 Å². The standard InChI is InChI=1S/C26H32N2O3S/c1-21-19-26(2)23-15-9-10-16-24(23)28(25(26)29)18-12-5-3-4-11-17-27(20-21)32(30,31)22-13-7-6-8-14-22/h6-10,13-16H,1,3-5,11-12,17-20H2,2H3. The van der Waals surface area contributed by atoms with E-state index in [1.165, 1.54) is 0 Å². The molecular weight excluding hydrogens is 420 g/mol. The van der Waals surface area contributed by atoms with Crippen LogP contribution in [0.25, 0.3) is 0 Å². The van der Waals surface area contributed by atoms with Crippen LogP contribution in [-0.4, -0.2) is 38.3 Å². The van der Waals surface area contributed by atoms with E-state index in [4.69, 9.17) is 0 Å². The highest BCUT2D eigenvalue weighted by atomic mass is 32.2. The number of anilines is 1. The summed E-state index contributed by atoms with van der Waals surface area (Å²) in [6.45, 7) is 7.62. The van der Waals surface area contributed by atoms with Crippen LogP contribution in [0.3, 0.4) is 0 Å². The normalized spacial score (nSPS) is 23.6. The highest BCUT2D eigenvalue weighted by molar-refractivity contribution is 7.89. The minimum absolute atomic E-state index is 0.0920. The molecule has 0 aliphatic carbocycles. The van der Waals surface area contributed by atoms with Gasteiger partial charge in [-0.3, -0.25) is 4.79 Å². The molecule has 0 radical (unpaired) electrons. The number of para-hydroxylation sites is 1. The molecular formula is C26H32N2O3S. The van der Waals surface area contributed by atoms with Crippen molar-refractivity contribution >= 4 is 21.6 Å². The first-order valence-electron chi connectivity index (χ1n) is 11.5. The lowest BCUT2D eigenvalue weighted by atomic mass is 9.78. The number of amides is 1. The maximum atomic E-state index is 13.6. The molecule has 32 heavy (non-hydrogen) atoms. The number of rotatable bonds is 2. The fourth-order valence-electron chi connectivity index (χ4n) is 5.01. The van der Waals surface area contributed by atoms with Crippen LogP contribution in [-0.2, 0) is 20.2 Å². The molecule has 1 unspecified atom stereocenters. The quantitative estimate of drug-likeness (QED) is 0.610. The molecule has 0 saturated carbocycles. The van der Waals surface area contributed by atoms with Crippen LogP contribution in [0.5, 0.6) is 0 Å². The number of sulfonamides is 1. The van der Waals surface area contributed by atoms with E-state index < -0.39 is 15.4 Å². The average molecular weight is 453 g/mol. The Hall–Kier alpha value is -2.44. The summed E-state index contributed by atoms with van der Waals surface area (Å²) in [5.74, 6) is 0.0920. The Morgan fingerprint density at radius 2 is 1.50 bits per heavy atom. The molecule has 4 rings (SSSR count). The second kappa shape index (κ2) is 9.20. The summed E-state index contributed by atoms with van der Waals surface area (Å²) in [6, 6.07) is 16.6. The first-order chi connectivity index (χ1) is 15.3. The minimum Gasteiger partial charge on any atom is -0.311 e. The number of hydrogen-bond donors (Lipinski definition) is 0. The molecule has 6 heteroatoms. The van der Waals surface area contributed by atoms with Crippen molar-refractivity contribution in [1.29, 1.82) is 0 Å². The van der Waals surface area contributed by atoms with Crippen LogP contribution in [0.4, 0.5) is 5.69 Å². The Labute approximate surface area is 191 Å². The fraction of sp³-hybridized carbons (Fsp3) is 0.423. The van der Waals surface area contributed by atoms with Crippen molar-refractivity contribution in [1.82, 2.24) is 4.31 Å². The summed E-state index contributed by atoms with van der Waals surface area (Å²) >= 11 is 0. The number of fused-ring (bicyclic) bond motifs is 5. The van der Waals surface area contributed by atoms with Crippen molar-refractivity contribution in [2.45, 2.75) is 55.8 Å². The van der Waals surface area contributed by atoms with Gasteiger partial charge in [-0.05, 0) is 49.9 Å². The Morgan fingerprint density at radius 3 is 2.25 bits per heavy atom. The van der Waals surface area contributed by atoms with Crippen LogP contribution in [0, 0.1) is 0 Å². The molecule has 2 aromatic rings. The Bertz CT molecular complexity index is 1100. The zero-order chi connectivity index (χ0) is 22.8. The van der Waals surface area contributed by atoms with E-state index in [9.17, 15) is 13.2 Å². The monoisotopic (exact) mass is 452 g/mol. The number of nitrogens with zero attached hydrogens (tertiary/aromatic N) is 2. The molecule has 2 aliphatic heterocycles. The lowest BCUT2D eigenvalue weighted by Gasteiger charge is -2.29. The highest BCUT2D eigenvalue weighted by Crippen LogP contribution is 2.45. The Morgan fingerprint density at radius 1 is 0.875 bits per heavy atom. The van der Waals surface area contributed by atoms with Gasteiger partial charge >= 0.3 is 0 Å². The van der Waals surface area contributed by atoms with Crippen LogP contribution in [0.2, 0.25) is 0 Å². The molecule has 2 bridgehead atoms. The fourth-order valence-corrected chi connectivity index (χ4v) is 6.53. The van der Waals surface area contributed by atoms with Gasteiger partial charge in [-0.2, -0.15) is 4.31 Å². The number of hydrogen-bond acceptors (Lipinski definition) is 3. The van der Waals surface area contributed by atoms with Gasteiger partial charge in [0.2, 0.25) is 15.9 Å². The summed E-state index contributed by atoms with van der Waals surface area (Å²) < 4.78 is 28.3. The molecule has 170 valence electrons. The molecule has 1 fully saturated rings. The van der Waals surface area contributed by atoms with Gasteiger partial charge < -0.3 is 4.90 Å². The van der Waals surface area contributed by atoms with Crippen molar-refractivity contribution in [3.63, 3.8) is 0 Å². The molecule has 2 aromatic carbocycles. The molecule has 0 aromatic heterocycles. The molecule has 1 saturated heterocycles. The van der Waals surface area contributed by atoms with Gasteiger partial charge in [0.25, 0.3) is 0 Å². The van der Waals surface area contributed by atoms with E-state index in [0.29, 0.717) is 17.9 Å². The van der Waals surface area contributed by atoms with Crippen molar-refractivity contribution < 1.29 is 13.2 Å². The van der Waals surface area contributed by atoms with E-state index in [1.54, 1.807) is 28.6 Å². The summed E-state index contributed by atoms with van der Waals surface area (Å²) in [7, 11) is -3.63. The zero-order valence-electron chi connectivity index (χ0n) is 18.8. The lowest BCUT2D eigenvalue weighted by Crippen LogP contribution is -2.40. The Balaban J connectivity index is 1.66. The van der Waals surface area contributed by atoms with Gasteiger partial charge in [0, 0.05) is 25.3 Å². The van der Waals surface area contributed by atoms with Crippen LogP contribution >= 0.6 is 0 Å². The lowest BCUT2D eigenvalue weighted by molar-refractivity contribution is -0.122. The van der Waals surface area contributed by atoms with Crippen molar-refractivity contribution in [2.75, 3.05) is 24.5 Å². The maximum absolute atomic E-state index is 13.6. The van der Waals surface area contributed by atoms with Gasteiger partial charge in [-0.15, -0.1) is 0 Å². The summed E-state index contributed by atoms with van der Waals surface area (Å²) in [4.78, 5) is 15.8. The third kappa shape index (κ3) is 4.26. The van der Waals surface area contributed by atoms with Gasteiger partial charge in [-0.25, -0.2) is 8.42 Å². The van der Waals surface area contributed by atoms with Crippen LogP contribution in [0.1, 0.15) is 51.0 Å². The first kappa shape index (κ1) is 22.7. The molecule has 1 atom stereocenters. The van der Waals surface area contributed by atoms with Crippen LogP contribution in [0.15, 0.2) is 71.6 Å². The Kier molecular flexibility index (Phi) is 6.54. The molecule has 0 spiro atoms. The van der Waals surface area contributed by atoms with E-state index in [1.807, 2.05) is 42.2 Å². The maximum Gasteiger partial charge on any atom is 0.243 e. The van der Waals surface area contributed by atoms with Crippen molar-refractivity contribution in [2.24, 2.45) is 0 Å². The third-order valence-corrected chi connectivity index (χ3v) is 8.54. The second-order valence-corrected chi connectivity index (χ2v) is 11.1. The predicted octanol–water partition coefficient (Wildman–Crippen LogP) is 4.89. The number of carbonyl (C=O) groups excluding carboxylic acids is 1. The second-order valence-electron chi connectivity index (χ2n) is 9.15. The SMILES string of the molecule is C=C1CN(S(=O)(=O)c2ccccc2)CCCCCCCN2C(=O)C(C)(C1)c1ccccc12. The average Bonchev–Trinajstić information content (AvgIpc) is 2.99. The van der Waals surface area contributed by atoms with Gasteiger partial charge in [0.15, 0.2) is 0 Å². The summed E-state index contributed by atoms with van der Waals surface area (Å²) in [5.41, 5.74) is 2.03. The van der Waals surface area contributed by atoms with E-state index in [2.05, 4.69) is 6.58 Å². The van der Waals surface area contributed by atoms with Gasteiger partial charge in [-0.1, -0.05) is 67.8 Å². The third-order valence-electron chi connectivity index (χ3n) is 6.68. The largest absolute Gasteiger partial charge is 0.311 e. The van der Waals surface area contributed by atoms with E-state index >= 15 is 0 Å². The molecule has 2 aliphatic rings. The minimum atomic E-state index is -3.63. The van der Waals surface area contributed by atoms with Gasteiger partial charge in [0.05, 0.1) is 10.3 Å². The van der Waals surface area contributed by atoms with E-state index in [-0.39, 0.29) is 12.5 Å². The number of benzene rings is 2. The number of carbonyl (C=O) groups is 1. The smallest absolute Gasteiger partial charge is 0.243 e. The van der Waals surface area contributed by atoms with Gasteiger partial charge in [0.1, 0.15) is 0 Å². The summed E-state index contributed by atoms with van der Waals surface area (Å²) in [6.07, 6.45) is 5.22. The molecule has 0 N–H and O–H groups in total. The molecule has 5 nitrogen and oxygen atoms in total. The molecule has 2 heterocycles. The predicted molar refractivity (Wildman–Crippen MR) is 128 cm³/mol. The topological polar surface area (TPSA) is 57.7 Å². The zero-order valence-corrected chi connectivity index (χ0v) is 19.6. The van der Waals surface area contributed by atoms with Crippen molar-refractivity contribution in [3.8, 4) is 0 Å². The van der Waals surface area contributed by atoms with Crippen molar-refractivity contribution in [3.05, 3.63) is 72.3 Å². The highest BCUT2D eigenvalue weighted by Gasteiger charge is 2.47. The molecule has 1 amide bonds. The summed E-state index contributed by atoms with van der Waals surface area (Å²) in [5, 5.41) is 0. The first-order valence-corrected chi connectivity index (χ1v) is 12.9.